The SMILES string of the molecule is O=C(Cn1cccc1-c1nc(-c2ccccc2)cs1)N1CCN(c2ccccc2F)CC1. The van der Waals surface area contributed by atoms with Crippen molar-refractivity contribution < 1.29 is 9.18 Å². The summed E-state index contributed by atoms with van der Waals surface area (Å²) in [5, 5.41) is 2.94. The molecule has 3 heterocycles. The molecule has 1 aliphatic heterocycles. The van der Waals surface area contributed by atoms with Crippen molar-refractivity contribution in [1.82, 2.24) is 14.5 Å². The molecule has 7 heteroatoms. The zero-order chi connectivity index (χ0) is 21.9. The average molecular weight is 447 g/mol. The van der Waals surface area contributed by atoms with Crippen LogP contribution >= 0.6 is 11.3 Å². The molecule has 5 nitrogen and oxygen atoms in total. The maximum absolute atomic E-state index is 14.1. The molecule has 1 aliphatic rings. The van der Waals surface area contributed by atoms with E-state index in [1.807, 2.05) is 74.5 Å². The Kier molecular flexibility index (Phi) is 5.73. The Balaban J connectivity index is 1.25. The van der Waals surface area contributed by atoms with E-state index in [2.05, 4.69) is 0 Å². The molecule has 0 unspecified atom stereocenters. The van der Waals surface area contributed by atoms with Crippen LogP contribution in [0, 0.1) is 5.82 Å². The molecule has 1 fully saturated rings. The fourth-order valence-corrected chi connectivity index (χ4v) is 4.90. The molecule has 2 aromatic heterocycles. The minimum absolute atomic E-state index is 0.0653. The number of anilines is 1. The van der Waals surface area contributed by atoms with Crippen molar-refractivity contribution in [3.05, 3.63) is 84.1 Å². The van der Waals surface area contributed by atoms with E-state index < -0.39 is 0 Å². The van der Waals surface area contributed by atoms with Crippen LogP contribution in [-0.4, -0.2) is 46.5 Å². The molecule has 1 saturated heterocycles. The first-order chi connectivity index (χ1) is 15.7. The van der Waals surface area contributed by atoms with E-state index >= 15 is 0 Å². The number of thiazole rings is 1. The van der Waals surface area contributed by atoms with Gasteiger partial charge in [0.15, 0.2) is 0 Å². The fraction of sp³-hybridized carbons (Fsp3) is 0.200. The smallest absolute Gasteiger partial charge is 0.242 e. The molecular weight excluding hydrogens is 423 g/mol. The van der Waals surface area contributed by atoms with Crippen molar-refractivity contribution in [3.8, 4) is 22.0 Å². The maximum Gasteiger partial charge on any atom is 0.242 e. The van der Waals surface area contributed by atoms with Crippen LogP contribution < -0.4 is 4.90 Å². The number of benzene rings is 2. The molecule has 0 radical (unpaired) electrons. The van der Waals surface area contributed by atoms with Crippen LogP contribution in [0.15, 0.2) is 78.3 Å². The Morgan fingerprint density at radius 1 is 0.938 bits per heavy atom. The first-order valence-electron chi connectivity index (χ1n) is 10.6. The van der Waals surface area contributed by atoms with Gasteiger partial charge in [-0.3, -0.25) is 4.79 Å². The minimum atomic E-state index is -0.220. The monoisotopic (exact) mass is 446 g/mol. The number of nitrogens with zero attached hydrogens (tertiary/aromatic N) is 4. The lowest BCUT2D eigenvalue weighted by Crippen LogP contribution is -2.49. The van der Waals surface area contributed by atoms with Crippen molar-refractivity contribution in [3.63, 3.8) is 0 Å². The summed E-state index contributed by atoms with van der Waals surface area (Å²) in [7, 11) is 0. The quantitative estimate of drug-likeness (QED) is 0.444. The van der Waals surface area contributed by atoms with Crippen LogP contribution in [0.3, 0.4) is 0 Å². The van der Waals surface area contributed by atoms with Gasteiger partial charge in [0.25, 0.3) is 0 Å². The molecule has 0 saturated carbocycles. The normalized spacial score (nSPS) is 14.0. The molecule has 1 amide bonds. The summed E-state index contributed by atoms with van der Waals surface area (Å²) in [6.45, 7) is 2.68. The molecule has 32 heavy (non-hydrogen) atoms. The van der Waals surface area contributed by atoms with Crippen LogP contribution in [0.5, 0.6) is 0 Å². The second-order valence-corrected chi connectivity index (χ2v) is 8.60. The van der Waals surface area contributed by atoms with Gasteiger partial charge in [-0.05, 0) is 24.3 Å². The molecule has 0 bridgehead atoms. The number of hydrogen-bond acceptors (Lipinski definition) is 4. The molecule has 2 aromatic carbocycles. The average Bonchev–Trinajstić information content (AvgIpc) is 3.50. The highest BCUT2D eigenvalue weighted by Gasteiger charge is 2.23. The van der Waals surface area contributed by atoms with Crippen molar-refractivity contribution in [2.24, 2.45) is 0 Å². The number of rotatable bonds is 5. The van der Waals surface area contributed by atoms with E-state index in [9.17, 15) is 9.18 Å². The summed E-state index contributed by atoms with van der Waals surface area (Å²) in [6.07, 6.45) is 1.92. The lowest BCUT2D eigenvalue weighted by molar-refractivity contribution is -0.132. The van der Waals surface area contributed by atoms with Crippen LogP contribution in [0.2, 0.25) is 0 Å². The number of aromatic nitrogens is 2. The number of para-hydroxylation sites is 1. The van der Waals surface area contributed by atoms with Gasteiger partial charge in [-0.2, -0.15) is 0 Å². The van der Waals surface area contributed by atoms with Gasteiger partial charge < -0.3 is 14.4 Å². The third kappa shape index (κ3) is 4.16. The second-order valence-electron chi connectivity index (χ2n) is 7.74. The first-order valence-corrected chi connectivity index (χ1v) is 11.5. The lowest BCUT2D eigenvalue weighted by Gasteiger charge is -2.36. The van der Waals surface area contributed by atoms with Crippen LogP contribution in [0.25, 0.3) is 22.0 Å². The van der Waals surface area contributed by atoms with Gasteiger partial charge in [-0.25, -0.2) is 9.37 Å². The van der Waals surface area contributed by atoms with Gasteiger partial charge in [0.2, 0.25) is 5.91 Å². The van der Waals surface area contributed by atoms with E-state index in [-0.39, 0.29) is 18.3 Å². The molecular formula is C25H23FN4OS. The molecule has 0 atom stereocenters. The zero-order valence-electron chi connectivity index (χ0n) is 17.5. The molecule has 4 aromatic rings. The predicted molar refractivity (Wildman–Crippen MR) is 126 cm³/mol. The Morgan fingerprint density at radius 3 is 2.47 bits per heavy atom. The van der Waals surface area contributed by atoms with E-state index in [4.69, 9.17) is 4.98 Å². The van der Waals surface area contributed by atoms with E-state index in [0.717, 1.165) is 22.0 Å². The first kappa shape index (κ1) is 20.5. The summed E-state index contributed by atoms with van der Waals surface area (Å²) in [5.41, 5.74) is 3.56. The van der Waals surface area contributed by atoms with Gasteiger partial charge in [0, 0.05) is 43.3 Å². The van der Waals surface area contributed by atoms with E-state index in [1.54, 1.807) is 23.5 Å². The standard InChI is InChI=1S/C25H23FN4OS/c26-20-9-4-5-10-22(20)28-13-15-29(16-14-28)24(31)17-30-12-6-11-23(30)25-27-21(18-32-25)19-7-2-1-3-8-19/h1-12,18H,13-17H2. The molecule has 0 N–H and O–H groups in total. The Hall–Kier alpha value is -3.45. The largest absolute Gasteiger partial charge is 0.366 e. The minimum Gasteiger partial charge on any atom is -0.366 e. The number of carbonyl (C=O) groups excluding carboxylic acids is 1. The van der Waals surface area contributed by atoms with Crippen molar-refractivity contribution in [2.45, 2.75) is 6.54 Å². The van der Waals surface area contributed by atoms with Gasteiger partial charge in [0.1, 0.15) is 17.4 Å². The molecule has 0 aliphatic carbocycles. The van der Waals surface area contributed by atoms with E-state index in [1.165, 1.54) is 6.07 Å². The maximum atomic E-state index is 14.1. The van der Waals surface area contributed by atoms with Crippen molar-refractivity contribution in [1.29, 1.82) is 0 Å². The number of carbonyl (C=O) groups is 1. The summed E-state index contributed by atoms with van der Waals surface area (Å²) >= 11 is 1.58. The van der Waals surface area contributed by atoms with Gasteiger partial charge in [0.05, 0.1) is 17.1 Å². The Labute approximate surface area is 190 Å². The molecule has 162 valence electrons. The summed E-state index contributed by atoms with van der Waals surface area (Å²) in [4.78, 5) is 21.6. The summed E-state index contributed by atoms with van der Waals surface area (Å²) < 4.78 is 16.0. The van der Waals surface area contributed by atoms with Crippen LogP contribution in [0.1, 0.15) is 0 Å². The fourth-order valence-electron chi connectivity index (χ4n) is 4.03. The Bertz CT molecular complexity index is 1210. The van der Waals surface area contributed by atoms with Gasteiger partial charge in [-0.1, -0.05) is 42.5 Å². The van der Waals surface area contributed by atoms with Gasteiger partial charge in [-0.15, -0.1) is 11.3 Å². The topological polar surface area (TPSA) is 41.4 Å². The number of halogens is 1. The number of hydrogen-bond donors (Lipinski definition) is 0. The van der Waals surface area contributed by atoms with E-state index in [0.29, 0.717) is 31.9 Å². The molecule has 0 spiro atoms. The second kappa shape index (κ2) is 8.96. The van der Waals surface area contributed by atoms with Crippen molar-refractivity contribution in [2.75, 3.05) is 31.1 Å². The zero-order valence-corrected chi connectivity index (χ0v) is 18.3. The van der Waals surface area contributed by atoms with Crippen LogP contribution in [-0.2, 0) is 11.3 Å². The summed E-state index contributed by atoms with van der Waals surface area (Å²) in [6, 6.07) is 20.8. The van der Waals surface area contributed by atoms with Gasteiger partial charge >= 0.3 is 0 Å². The van der Waals surface area contributed by atoms with Crippen molar-refractivity contribution >= 4 is 22.9 Å². The third-order valence-corrected chi connectivity index (χ3v) is 6.62. The van der Waals surface area contributed by atoms with Crippen LogP contribution in [0.4, 0.5) is 10.1 Å². The lowest BCUT2D eigenvalue weighted by atomic mass is 10.2. The highest BCUT2D eigenvalue weighted by molar-refractivity contribution is 7.13. The predicted octanol–water partition coefficient (Wildman–Crippen LogP) is 4.77. The number of piperazine rings is 1. The highest BCUT2D eigenvalue weighted by Crippen LogP contribution is 2.29. The summed E-state index contributed by atoms with van der Waals surface area (Å²) in [5.74, 6) is -0.155. The highest BCUT2D eigenvalue weighted by atomic mass is 32.1. The number of amides is 1. The third-order valence-electron chi connectivity index (χ3n) is 5.75. The molecule has 5 rings (SSSR count). The Morgan fingerprint density at radius 2 is 1.69 bits per heavy atom.